The van der Waals surface area contributed by atoms with Gasteiger partial charge in [0.1, 0.15) is 16.1 Å². The second-order valence-electron chi connectivity index (χ2n) is 8.63. The van der Waals surface area contributed by atoms with E-state index in [9.17, 15) is 8.42 Å². The number of nitrogens with zero attached hydrogens (tertiary/aromatic N) is 1. The Bertz CT molecular complexity index is 1530. The predicted octanol–water partition coefficient (Wildman–Crippen LogP) is 7.63. The summed E-state index contributed by atoms with van der Waals surface area (Å²) in [6.07, 6.45) is 0.729. The summed E-state index contributed by atoms with van der Waals surface area (Å²) in [6.45, 7) is 1.80. The van der Waals surface area contributed by atoms with Crippen LogP contribution in [-0.4, -0.2) is 13.4 Å². The van der Waals surface area contributed by atoms with E-state index in [1.807, 2.05) is 30.3 Å². The van der Waals surface area contributed by atoms with E-state index in [0.717, 1.165) is 11.1 Å². The zero-order valence-electron chi connectivity index (χ0n) is 20.1. The molecule has 38 heavy (non-hydrogen) atoms. The minimum atomic E-state index is -3.84. The van der Waals surface area contributed by atoms with Crippen LogP contribution in [0.4, 0.5) is 5.69 Å². The SMILES string of the molecule is Cc1cc(NS(=O)(=O)c2ccccc2)cc(OC(N)(CCc2ccccc2)c2c(Cl)c(Cl)nc(Cl)c2Cl)c1. The van der Waals surface area contributed by atoms with Crippen molar-refractivity contribution in [3.63, 3.8) is 0 Å². The maximum Gasteiger partial charge on any atom is 0.261 e. The maximum atomic E-state index is 12.9. The summed E-state index contributed by atoms with van der Waals surface area (Å²) < 4.78 is 34.8. The van der Waals surface area contributed by atoms with Crippen LogP contribution in [0.1, 0.15) is 23.1 Å². The zero-order valence-corrected chi connectivity index (χ0v) is 23.9. The van der Waals surface area contributed by atoms with Gasteiger partial charge in [0.15, 0.2) is 5.72 Å². The number of pyridine rings is 1. The molecule has 4 rings (SSSR count). The summed E-state index contributed by atoms with van der Waals surface area (Å²) in [4.78, 5) is 4.07. The highest BCUT2D eigenvalue weighted by Crippen LogP contribution is 2.43. The first-order chi connectivity index (χ1) is 18.0. The Morgan fingerprint density at radius 1 is 0.895 bits per heavy atom. The minimum absolute atomic E-state index is 0.00860. The van der Waals surface area contributed by atoms with Gasteiger partial charge in [-0.3, -0.25) is 10.5 Å². The Kier molecular flexibility index (Phi) is 8.77. The fraction of sp³-hybridized carbons (Fsp3) is 0.148. The van der Waals surface area contributed by atoms with Crippen molar-refractivity contribution in [1.82, 2.24) is 4.98 Å². The fourth-order valence-corrected chi connectivity index (χ4v) is 6.05. The highest BCUT2D eigenvalue weighted by atomic mass is 35.5. The molecule has 0 spiro atoms. The number of aryl methyl sites for hydroxylation is 2. The van der Waals surface area contributed by atoms with E-state index in [1.54, 1.807) is 37.3 Å². The third-order valence-corrected chi connectivity index (χ3v) is 8.58. The van der Waals surface area contributed by atoms with E-state index < -0.39 is 15.7 Å². The smallest absolute Gasteiger partial charge is 0.261 e. The molecule has 4 aromatic rings. The molecule has 1 unspecified atom stereocenters. The van der Waals surface area contributed by atoms with Crippen molar-refractivity contribution >= 4 is 62.1 Å². The van der Waals surface area contributed by atoms with Crippen molar-refractivity contribution in [2.75, 3.05) is 4.72 Å². The van der Waals surface area contributed by atoms with Crippen LogP contribution in [0.5, 0.6) is 5.75 Å². The van der Waals surface area contributed by atoms with Gasteiger partial charge in [0.25, 0.3) is 10.0 Å². The van der Waals surface area contributed by atoms with Crippen LogP contribution in [0.2, 0.25) is 20.4 Å². The largest absolute Gasteiger partial charge is 0.469 e. The van der Waals surface area contributed by atoms with E-state index in [4.69, 9.17) is 56.9 Å². The number of benzene rings is 3. The molecule has 0 saturated carbocycles. The van der Waals surface area contributed by atoms with Crippen molar-refractivity contribution in [1.29, 1.82) is 0 Å². The van der Waals surface area contributed by atoms with Gasteiger partial charge in [-0.25, -0.2) is 13.4 Å². The van der Waals surface area contributed by atoms with Gasteiger partial charge < -0.3 is 4.74 Å². The molecule has 3 N–H and O–H groups in total. The van der Waals surface area contributed by atoms with Crippen LogP contribution in [-0.2, 0) is 22.2 Å². The molecule has 1 aromatic heterocycles. The molecule has 0 bridgehead atoms. The van der Waals surface area contributed by atoms with Gasteiger partial charge in [0.2, 0.25) is 0 Å². The molecule has 3 aromatic carbocycles. The molecule has 6 nitrogen and oxygen atoms in total. The lowest BCUT2D eigenvalue weighted by Gasteiger charge is -2.33. The first-order valence-electron chi connectivity index (χ1n) is 11.4. The van der Waals surface area contributed by atoms with Crippen molar-refractivity contribution in [3.8, 4) is 5.75 Å². The Hall–Kier alpha value is -2.52. The van der Waals surface area contributed by atoms with Gasteiger partial charge in [0.05, 0.1) is 26.2 Å². The summed E-state index contributed by atoms with van der Waals surface area (Å²) in [5, 5.41) is -0.131. The van der Waals surface area contributed by atoms with E-state index in [0.29, 0.717) is 6.42 Å². The number of nitrogens with one attached hydrogen (secondary N) is 1. The van der Waals surface area contributed by atoms with Gasteiger partial charge in [-0.15, -0.1) is 0 Å². The van der Waals surface area contributed by atoms with E-state index >= 15 is 0 Å². The summed E-state index contributed by atoms with van der Waals surface area (Å²) in [5.41, 5.74) is 7.47. The number of anilines is 1. The van der Waals surface area contributed by atoms with Crippen LogP contribution >= 0.6 is 46.4 Å². The molecule has 198 valence electrons. The van der Waals surface area contributed by atoms with Gasteiger partial charge >= 0.3 is 0 Å². The van der Waals surface area contributed by atoms with Crippen molar-refractivity contribution in [2.45, 2.75) is 30.4 Å². The van der Waals surface area contributed by atoms with Crippen LogP contribution in [0.15, 0.2) is 83.8 Å². The third-order valence-electron chi connectivity index (χ3n) is 5.71. The highest BCUT2D eigenvalue weighted by Gasteiger charge is 2.37. The predicted molar refractivity (Wildman–Crippen MR) is 154 cm³/mol. The number of ether oxygens (including phenoxy) is 1. The average molecular weight is 611 g/mol. The van der Waals surface area contributed by atoms with Gasteiger partial charge in [-0.2, -0.15) is 0 Å². The Labute approximate surface area is 241 Å². The maximum absolute atomic E-state index is 12.9. The summed E-state index contributed by atoms with van der Waals surface area (Å²) in [7, 11) is -3.84. The number of hydrogen-bond acceptors (Lipinski definition) is 5. The second-order valence-corrected chi connectivity index (χ2v) is 11.8. The van der Waals surface area contributed by atoms with Crippen molar-refractivity contribution in [3.05, 3.63) is 116 Å². The minimum Gasteiger partial charge on any atom is -0.469 e. The molecular formula is C27H23Cl4N3O3S. The fourth-order valence-electron chi connectivity index (χ4n) is 3.95. The van der Waals surface area contributed by atoms with E-state index in [2.05, 4.69) is 9.71 Å². The molecule has 11 heteroatoms. The lowest BCUT2D eigenvalue weighted by molar-refractivity contribution is 0.0638. The number of aromatic nitrogens is 1. The first-order valence-corrected chi connectivity index (χ1v) is 14.4. The number of rotatable bonds is 9. The lowest BCUT2D eigenvalue weighted by atomic mass is 9.96. The monoisotopic (exact) mass is 609 g/mol. The Morgan fingerprint density at radius 3 is 2.08 bits per heavy atom. The molecule has 1 atom stereocenters. The van der Waals surface area contributed by atoms with Gasteiger partial charge in [-0.1, -0.05) is 94.9 Å². The Balaban J connectivity index is 1.74. The van der Waals surface area contributed by atoms with Crippen LogP contribution in [0.25, 0.3) is 0 Å². The molecule has 0 radical (unpaired) electrons. The van der Waals surface area contributed by atoms with Crippen molar-refractivity contribution in [2.24, 2.45) is 5.73 Å². The summed E-state index contributed by atoms with van der Waals surface area (Å²) in [6, 6.07) is 22.6. The number of hydrogen-bond donors (Lipinski definition) is 2. The van der Waals surface area contributed by atoms with E-state index in [-0.39, 0.29) is 48.7 Å². The number of halogens is 4. The molecule has 0 aliphatic heterocycles. The lowest BCUT2D eigenvalue weighted by Crippen LogP contribution is -2.44. The molecule has 0 fully saturated rings. The summed E-state index contributed by atoms with van der Waals surface area (Å²) in [5.74, 6) is 0.280. The topological polar surface area (TPSA) is 94.3 Å². The molecule has 0 aliphatic rings. The van der Waals surface area contributed by atoms with Crippen molar-refractivity contribution < 1.29 is 13.2 Å². The number of nitrogens with two attached hydrogens (primary N) is 1. The molecule has 0 aliphatic carbocycles. The molecule has 0 amide bonds. The molecule has 1 heterocycles. The molecule has 0 saturated heterocycles. The van der Waals surface area contributed by atoms with E-state index in [1.165, 1.54) is 18.2 Å². The van der Waals surface area contributed by atoms with Gasteiger partial charge in [-0.05, 0) is 48.7 Å². The standard InChI is InChI=1S/C27H23Cl4N3O3S/c1-17-14-19(34-38(35,36)21-10-6-3-7-11-21)16-20(15-17)37-27(32,13-12-18-8-4-2-5-9-18)22-23(28)25(30)33-26(31)24(22)29/h2-11,14-16,34H,12-13,32H2,1H3. The van der Waals surface area contributed by atoms with Crippen LogP contribution in [0, 0.1) is 6.92 Å². The third kappa shape index (κ3) is 6.54. The molecular weight excluding hydrogens is 588 g/mol. The summed E-state index contributed by atoms with van der Waals surface area (Å²) >= 11 is 25.5. The zero-order chi connectivity index (χ0) is 27.5. The average Bonchev–Trinajstić information content (AvgIpc) is 2.87. The van der Waals surface area contributed by atoms with Gasteiger partial charge in [0, 0.05) is 12.5 Å². The highest BCUT2D eigenvalue weighted by molar-refractivity contribution is 7.92. The van der Waals surface area contributed by atoms with Crippen LogP contribution in [0.3, 0.4) is 0 Å². The quantitative estimate of drug-likeness (QED) is 0.150. The normalized spacial score (nSPS) is 13.1. The number of sulfonamides is 1. The second kappa shape index (κ2) is 11.7. The Morgan fingerprint density at radius 2 is 1.47 bits per heavy atom. The first kappa shape index (κ1) is 28.5. The van der Waals surface area contributed by atoms with Crippen LogP contribution < -0.4 is 15.2 Å².